The third-order valence-electron chi connectivity index (χ3n) is 3.12. The lowest BCUT2D eigenvalue weighted by Gasteiger charge is -2.12. The molecule has 2 aromatic carbocycles. The Labute approximate surface area is 188 Å². The normalized spacial score (nSPS) is 20.0. The van der Waals surface area contributed by atoms with E-state index in [1.807, 2.05) is 0 Å². The number of aromatic nitrogens is 1. The molecule has 5 N–H and O–H groups in total. The molecule has 0 spiro atoms. The van der Waals surface area contributed by atoms with E-state index < -0.39 is 109 Å². The number of benzene rings is 2. The van der Waals surface area contributed by atoms with Gasteiger partial charge in [0.1, 0.15) is 0 Å². The van der Waals surface area contributed by atoms with Gasteiger partial charge in [0.25, 0.3) is 0 Å². The summed E-state index contributed by atoms with van der Waals surface area (Å²) in [4.78, 5) is 16.3. The summed E-state index contributed by atoms with van der Waals surface area (Å²) in [6, 6.07) is -7.52. The molecule has 0 aliphatic carbocycles. The number of nitrogen functional groups attached to an aromatic ring is 1. The van der Waals surface area contributed by atoms with Crippen molar-refractivity contribution in [1.82, 2.24) is 10.3 Å². The van der Waals surface area contributed by atoms with Crippen LogP contribution in [-0.4, -0.2) is 29.0 Å². The van der Waals surface area contributed by atoms with Gasteiger partial charge in [0, 0.05) is 23.0 Å². The molecular formula is C21H24N4O2S. The average molecular weight is 411 g/mol. The SMILES string of the molecule is [2H]c1sc(N)nc1CC(=O)Nc1c([2H])c([2H])c(C([2H])([2H])CNC([2H])([2H])[C@@H](O)c2c([2H])c([2H])c([2H])c([2H])c2[2H])c([2H])c1[2H]. The number of thiazole rings is 1. The second kappa shape index (κ2) is 9.98. The zero-order valence-electron chi connectivity index (χ0n) is 28.3. The van der Waals surface area contributed by atoms with Crippen LogP contribution in [0.1, 0.15) is 42.1 Å². The fraction of sp³-hybridized carbons (Fsp3) is 0.238. The first-order valence-corrected chi connectivity index (χ1v) is 8.66. The number of aliphatic hydroxyl groups is 1. The van der Waals surface area contributed by atoms with Gasteiger partial charge in [-0.3, -0.25) is 4.79 Å². The Hall–Kier alpha value is -2.74. The van der Waals surface area contributed by atoms with Crippen molar-refractivity contribution in [3.8, 4) is 0 Å². The van der Waals surface area contributed by atoms with E-state index in [1.54, 1.807) is 0 Å². The van der Waals surface area contributed by atoms with E-state index in [9.17, 15) is 9.90 Å². The Morgan fingerprint density at radius 3 is 2.68 bits per heavy atom. The molecule has 1 amide bonds. The lowest BCUT2D eigenvalue weighted by molar-refractivity contribution is -0.115. The number of carbonyl (C=O) groups is 1. The predicted molar refractivity (Wildman–Crippen MR) is 113 cm³/mol. The number of nitrogens with one attached hydrogen (secondary N) is 2. The summed E-state index contributed by atoms with van der Waals surface area (Å²) >= 11 is 0.830. The molecule has 0 aliphatic heterocycles. The van der Waals surface area contributed by atoms with Crippen LogP contribution in [0.25, 0.3) is 0 Å². The van der Waals surface area contributed by atoms with Crippen LogP contribution in [0.2, 0.25) is 0 Å². The molecule has 28 heavy (non-hydrogen) atoms. The molecule has 7 heteroatoms. The molecule has 0 unspecified atom stereocenters. The highest BCUT2D eigenvalue weighted by molar-refractivity contribution is 7.13. The number of anilines is 2. The van der Waals surface area contributed by atoms with E-state index in [1.165, 1.54) is 0 Å². The van der Waals surface area contributed by atoms with E-state index in [-0.39, 0.29) is 16.2 Å². The molecule has 0 bridgehead atoms. The number of hydrogen-bond acceptors (Lipinski definition) is 6. The Morgan fingerprint density at radius 2 is 2.00 bits per heavy atom. The van der Waals surface area contributed by atoms with Crippen molar-refractivity contribution in [3.63, 3.8) is 0 Å². The monoisotopic (exact) mass is 410 g/mol. The third-order valence-corrected chi connectivity index (χ3v) is 3.76. The quantitative estimate of drug-likeness (QED) is 0.435. The van der Waals surface area contributed by atoms with Crippen LogP contribution >= 0.6 is 11.3 Å². The van der Waals surface area contributed by atoms with E-state index >= 15 is 0 Å². The maximum absolute atomic E-state index is 12.5. The Bertz CT molecular complexity index is 1510. The Kier molecular flexibility index (Phi) is 3.11. The minimum absolute atomic E-state index is 0.0318. The van der Waals surface area contributed by atoms with E-state index in [2.05, 4.69) is 15.6 Å². The van der Waals surface area contributed by atoms with Crippen molar-refractivity contribution in [2.24, 2.45) is 0 Å². The summed E-state index contributed by atoms with van der Waals surface area (Å²) in [5.41, 5.74) is 3.41. The van der Waals surface area contributed by atoms with Crippen LogP contribution in [-0.2, 0) is 17.6 Å². The van der Waals surface area contributed by atoms with Crippen LogP contribution in [0.3, 0.4) is 0 Å². The molecule has 1 aromatic heterocycles. The maximum atomic E-state index is 12.5. The Morgan fingerprint density at radius 1 is 1.25 bits per heavy atom. The molecule has 0 aliphatic rings. The Balaban J connectivity index is 1.89. The number of aliphatic hydroxyl groups excluding tert-OH is 1. The molecule has 3 aromatic rings. The van der Waals surface area contributed by atoms with Gasteiger partial charge in [-0.1, -0.05) is 42.3 Å². The predicted octanol–water partition coefficient (Wildman–Crippen LogP) is 2.77. The lowest BCUT2D eigenvalue weighted by Crippen LogP contribution is -2.23. The minimum Gasteiger partial charge on any atom is -0.387 e. The molecule has 1 atom stereocenters. The van der Waals surface area contributed by atoms with Gasteiger partial charge in [-0.2, -0.15) is 0 Å². The molecule has 3 rings (SSSR count). The number of rotatable bonds is 9. The van der Waals surface area contributed by atoms with Crippen LogP contribution in [0.4, 0.5) is 10.8 Å². The van der Waals surface area contributed by atoms with Crippen LogP contribution < -0.4 is 16.4 Å². The van der Waals surface area contributed by atoms with E-state index in [0.717, 1.165) is 11.3 Å². The lowest BCUT2D eigenvalue weighted by atomic mass is 10.1. The molecule has 0 fully saturated rings. The summed E-state index contributed by atoms with van der Waals surface area (Å²) in [5, 5.41) is 14.9. The number of amides is 1. The summed E-state index contributed by atoms with van der Waals surface area (Å²) in [7, 11) is 0. The van der Waals surface area contributed by atoms with Crippen LogP contribution in [0.5, 0.6) is 0 Å². The number of nitrogens with zero attached hydrogens (tertiary/aromatic N) is 1. The summed E-state index contributed by atoms with van der Waals surface area (Å²) in [6.07, 6.45) is -5.64. The van der Waals surface area contributed by atoms with Gasteiger partial charge in [-0.25, -0.2) is 4.98 Å². The van der Waals surface area contributed by atoms with Gasteiger partial charge in [0.15, 0.2) is 5.13 Å². The van der Waals surface area contributed by atoms with Crippen molar-refractivity contribution in [2.75, 3.05) is 24.1 Å². The van der Waals surface area contributed by atoms with E-state index in [0.29, 0.717) is 0 Å². The first-order chi connectivity index (χ1) is 19.2. The highest BCUT2D eigenvalue weighted by Gasteiger charge is 2.08. The highest BCUT2D eigenvalue weighted by atomic mass is 32.1. The van der Waals surface area contributed by atoms with Crippen molar-refractivity contribution in [2.45, 2.75) is 18.9 Å². The zero-order chi connectivity index (χ0) is 32.1. The van der Waals surface area contributed by atoms with Gasteiger partial charge in [0.2, 0.25) is 5.91 Å². The maximum Gasteiger partial charge on any atom is 0.230 e. The fourth-order valence-electron chi connectivity index (χ4n) is 1.91. The molecule has 1 heterocycles. The van der Waals surface area contributed by atoms with E-state index in [4.69, 9.17) is 24.9 Å². The van der Waals surface area contributed by atoms with Crippen LogP contribution in [0, 0.1) is 0 Å². The topological polar surface area (TPSA) is 100 Å². The second-order valence-electron chi connectivity index (χ2n) is 5.19. The van der Waals surface area contributed by atoms with Gasteiger partial charge < -0.3 is 21.5 Å². The molecule has 0 radical (unpaired) electrons. The zero-order valence-corrected chi connectivity index (χ0v) is 15.1. The highest BCUT2D eigenvalue weighted by Crippen LogP contribution is 2.14. The second-order valence-corrected chi connectivity index (χ2v) is 6.02. The van der Waals surface area contributed by atoms with Gasteiger partial charge in [0.05, 0.1) is 31.9 Å². The van der Waals surface area contributed by atoms with Crippen molar-refractivity contribution < 1.29 is 29.1 Å². The summed E-state index contributed by atoms with van der Waals surface area (Å²) in [6.45, 7) is -4.04. The third kappa shape index (κ3) is 6.16. The molecule has 0 saturated heterocycles. The smallest absolute Gasteiger partial charge is 0.230 e. The molecular weight excluding hydrogens is 372 g/mol. The number of hydrogen-bond donors (Lipinski definition) is 4. The van der Waals surface area contributed by atoms with Crippen molar-refractivity contribution in [3.05, 3.63) is 76.6 Å². The van der Waals surface area contributed by atoms with Crippen LogP contribution in [0.15, 0.2) is 59.7 Å². The molecule has 6 nitrogen and oxygen atoms in total. The van der Waals surface area contributed by atoms with Gasteiger partial charge in [-0.15, -0.1) is 11.3 Å². The summed E-state index contributed by atoms with van der Waals surface area (Å²) < 4.78 is 113. The van der Waals surface area contributed by atoms with Gasteiger partial charge in [-0.05, 0) is 36.1 Å². The van der Waals surface area contributed by atoms with Crippen molar-refractivity contribution >= 4 is 28.1 Å². The molecule has 0 saturated carbocycles. The summed E-state index contributed by atoms with van der Waals surface area (Å²) in [5.74, 6) is -0.832. The largest absolute Gasteiger partial charge is 0.387 e. The average Bonchev–Trinajstić information content (AvgIpc) is 3.22. The standard InChI is InChI=1S/C21H24N4O2S/c22-21-25-18(14-28-21)12-20(27)24-17-8-6-15(7-9-17)10-11-23-13-19(26)16-4-2-1-3-5-16/h1-9,14,19,23,26H,10-13H2,(H2,22,25)(H,24,27)/t19-/m1/s1/i1D,2D,3D,4D,5D,6D,7D,8D,9D,10D2,13D2,14D. The first-order valence-electron chi connectivity index (χ1n) is 14.8. The number of carbonyl (C=O) groups excluding carboxylic acids is 1. The van der Waals surface area contributed by atoms with Gasteiger partial charge >= 0.3 is 0 Å². The number of nitrogens with two attached hydrogens (primary N) is 1. The minimum atomic E-state index is -3.00. The molecule has 146 valence electrons. The fourth-order valence-corrected chi connectivity index (χ4v) is 2.41. The first kappa shape index (κ1) is 8.73. The van der Waals surface area contributed by atoms with Crippen molar-refractivity contribution in [1.29, 1.82) is 0 Å².